The van der Waals surface area contributed by atoms with E-state index in [1.165, 1.54) is 24.3 Å². The first kappa shape index (κ1) is 15.8. The molecular formula is C14H8BrCl2NO3. The van der Waals surface area contributed by atoms with E-state index in [1.54, 1.807) is 12.1 Å². The van der Waals surface area contributed by atoms with E-state index in [0.29, 0.717) is 15.1 Å². The van der Waals surface area contributed by atoms with Crippen LogP contribution in [0, 0.1) is 0 Å². The Labute approximate surface area is 138 Å². The second-order valence-electron chi connectivity index (χ2n) is 4.11. The lowest BCUT2D eigenvalue weighted by atomic mass is 10.1. The third-order valence-corrected chi connectivity index (χ3v) is 3.59. The van der Waals surface area contributed by atoms with Gasteiger partial charge in [0.1, 0.15) is 0 Å². The predicted octanol–water partition coefficient (Wildman–Crippen LogP) is 4.71. The van der Waals surface area contributed by atoms with E-state index >= 15 is 0 Å². The minimum atomic E-state index is -1.10. The number of nitrogens with one attached hydrogen (secondary N) is 1. The van der Waals surface area contributed by atoms with Gasteiger partial charge in [-0.1, -0.05) is 39.1 Å². The van der Waals surface area contributed by atoms with Gasteiger partial charge < -0.3 is 10.4 Å². The number of hydrogen-bond acceptors (Lipinski definition) is 2. The Balaban J connectivity index is 2.31. The largest absolute Gasteiger partial charge is 0.478 e. The summed E-state index contributed by atoms with van der Waals surface area (Å²) in [6.45, 7) is 0. The zero-order chi connectivity index (χ0) is 15.6. The highest BCUT2D eigenvalue weighted by molar-refractivity contribution is 9.10. The van der Waals surface area contributed by atoms with Crippen LogP contribution in [0.1, 0.15) is 20.7 Å². The van der Waals surface area contributed by atoms with Crippen molar-refractivity contribution < 1.29 is 14.7 Å². The summed E-state index contributed by atoms with van der Waals surface area (Å²) in [5, 5.41) is 12.2. The predicted molar refractivity (Wildman–Crippen MR) is 85.5 cm³/mol. The molecule has 1 amide bonds. The van der Waals surface area contributed by atoms with Gasteiger partial charge in [0, 0.05) is 15.1 Å². The highest BCUT2D eigenvalue weighted by atomic mass is 79.9. The first-order valence-corrected chi connectivity index (χ1v) is 7.22. The first-order chi connectivity index (χ1) is 9.86. The fourth-order valence-electron chi connectivity index (χ4n) is 1.63. The molecule has 2 aromatic carbocycles. The molecule has 0 fully saturated rings. The van der Waals surface area contributed by atoms with Gasteiger partial charge in [-0.05, 0) is 36.4 Å². The van der Waals surface area contributed by atoms with Crippen molar-refractivity contribution >= 4 is 56.7 Å². The van der Waals surface area contributed by atoms with E-state index in [1.807, 2.05) is 0 Å². The Kier molecular flexibility index (Phi) is 4.88. The Bertz CT molecular complexity index is 714. The summed E-state index contributed by atoms with van der Waals surface area (Å²) < 4.78 is 0.658. The fourth-order valence-corrected chi connectivity index (χ4v) is 2.66. The lowest BCUT2D eigenvalue weighted by Crippen LogP contribution is -2.13. The summed E-state index contributed by atoms with van der Waals surface area (Å²) in [5.74, 6) is -1.55. The summed E-state index contributed by atoms with van der Waals surface area (Å²) in [6, 6.07) is 8.80. The normalized spacial score (nSPS) is 10.2. The zero-order valence-corrected chi connectivity index (χ0v) is 13.5. The molecule has 0 radical (unpaired) electrons. The Morgan fingerprint density at radius 2 is 1.76 bits per heavy atom. The van der Waals surface area contributed by atoms with Crippen LogP contribution < -0.4 is 5.32 Å². The van der Waals surface area contributed by atoms with E-state index < -0.39 is 11.9 Å². The number of halogens is 3. The number of aromatic carboxylic acids is 1. The van der Waals surface area contributed by atoms with Crippen molar-refractivity contribution in [3.63, 3.8) is 0 Å². The molecule has 0 bridgehead atoms. The molecule has 0 spiro atoms. The maximum atomic E-state index is 12.2. The molecule has 0 unspecified atom stereocenters. The van der Waals surface area contributed by atoms with Gasteiger partial charge in [-0.15, -0.1) is 0 Å². The highest BCUT2D eigenvalue weighted by Gasteiger charge is 2.12. The van der Waals surface area contributed by atoms with Crippen LogP contribution in [0.5, 0.6) is 0 Å². The monoisotopic (exact) mass is 387 g/mol. The van der Waals surface area contributed by atoms with Gasteiger partial charge in [0.2, 0.25) is 0 Å². The molecule has 2 N–H and O–H groups in total. The van der Waals surface area contributed by atoms with E-state index in [0.717, 1.165) is 0 Å². The Morgan fingerprint density at radius 3 is 2.38 bits per heavy atom. The SMILES string of the molecule is O=C(O)c1ccc(Cl)c(NC(=O)c2cc(Cl)cc(Br)c2)c1. The molecule has 21 heavy (non-hydrogen) atoms. The van der Waals surface area contributed by atoms with Crippen LogP contribution >= 0.6 is 39.1 Å². The van der Waals surface area contributed by atoms with Gasteiger partial charge in [0.25, 0.3) is 5.91 Å². The molecule has 4 nitrogen and oxygen atoms in total. The maximum Gasteiger partial charge on any atom is 0.335 e. The fraction of sp³-hybridized carbons (Fsp3) is 0. The van der Waals surface area contributed by atoms with Crippen LogP contribution in [0.2, 0.25) is 10.0 Å². The smallest absolute Gasteiger partial charge is 0.335 e. The summed E-state index contributed by atoms with van der Waals surface area (Å²) in [4.78, 5) is 23.1. The van der Waals surface area contributed by atoms with Gasteiger partial charge in [-0.25, -0.2) is 4.79 Å². The molecule has 0 saturated carbocycles. The van der Waals surface area contributed by atoms with Gasteiger partial charge in [0.15, 0.2) is 0 Å². The minimum absolute atomic E-state index is 0.0296. The number of carboxylic acids is 1. The van der Waals surface area contributed by atoms with Crippen LogP contribution in [-0.2, 0) is 0 Å². The molecule has 108 valence electrons. The number of carbonyl (C=O) groups is 2. The standard InChI is InChI=1S/C14H8BrCl2NO3/c15-9-3-8(4-10(16)6-9)13(19)18-12-5-7(14(20)21)1-2-11(12)17/h1-6H,(H,18,19)(H,20,21). The summed E-state index contributed by atoms with van der Waals surface area (Å²) >= 11 is 15.1. The molecule has 0 atom stereocenters. The summed E-state index contributed by atoms with van der Waals surface area (Å²) in [6.07, 6.45) is 0. The van der Waals surface area contributed by atoms with Gasteiger partial charge in [-0.3, -0.25) is 4.79 Å². The second kappa shape index (κ2) is 6.47. The van der Waals surface area contributed by atoms with Crippen molar-refractivity contribution in [2.75, 3.05) is 5.32 Å². The number of benzene rings is 2. The van der Waals surface area contributed by atoms with Crippen LogP contribution in [-0.4, -0.2) is 17.0 Å². The molecule has 0 aliphatic rings. The molecule has 2 aromatic rings. The minimum Gasteiger partial charge on any atom is -0.478 e. The van der Waals surface area contributed by atoms with Crippen LogP contribution in [0.4, 0.5) is 5.69 Å². The van der Waals surface area contributed by atoms with E-state index in [2.05, 4.69) is 21.2 Å². The van der Waals surface area contributed by atoms with E-state index in [4.69, 9.17) is 28.3 Å². The Morgan fingerprint density at radius 1 is 1.05 bits per heavy atom. The summed E-state index contributed by atoms with van der Waals surface area (Å²) in [7, 11) is 0. The number of hydrogen-bond donors (Lipinski definition) is 2. The second-order valence-corrected chi connectivity index (χ2v) is 5.87. The molecule has 0 heterocycles. The molecule has 0 aliphatic carbocycles. The van der Waals surface area contributed by atoms with Crippen molar-refractivity contribution in [1.82, 2.24) is 0 Å². The van der Waals surface area contributed by atoms with Crippen molar-refractivity contribution in [3.05, 3.63) is 62.0 Å². The molecule has 0 saturated heterocycles. The van der Waals surface area contributed by atoms with Gasteiger partial charge in [0.05, 0.1) is 16.3 Å². The third-order valence-electron chi connectivity index (χ3n) is 2.59. The quantitative estimate of drug-likeness (QED) is 0.800. The van der Waals surface area contributed by atoms with Crippen molar-refractivity contribution in [1.29, 1.82) is 0 Å². The molecular weight excluding hydrogens is 381 g/mol. The molecule has 0 aromatic heterocycles. The van der Waals surface area contributed by atoms with Crippen LogP contribution in [0.15, 0.2) is 40.9 Å². The third kappa shape index (κ3) is 3.97. The highest BCUT2D eigenvalue weighted by Crippen LogP contribution is 2.25. The van der Waals surface area contributed by atoms with E-state index in [9.17, 15) is 9.59 Å². The average molecular weight is 389 g/mol. The van der Waals surface area contributed by atoms with Crippen molar-refractivity contribution in [2.24, 2.45) is 0 Å². The molecule has 0 aliphatic heterocycles. The number of rotatable bonds is 3. The van der Waals surface area contributed by atoms with Gasteiger partial charge in [-0.2, -0.15) is 0 Å². The van der Waals surface area contributed by atoms with Gasteiger partial charge >= 0.3 is 5.97 Å². The van der Waals surface area contributed by atoms with Crippen LogP contribution in [0.3, 0.4) is 0 Å². The van der Waals surface area contributed by atoms with Crippen molar-refractivity contribution in [2.45, 2.75) is 0 Å². The number of carbonyl (C=O) groups excluding carboxylic acids is 1. The maximum absolute atomic E-state index is 12.2. The Hall–Kier alpha value is -1.56. The topological polar surface area (TPSA) is 66.4 Å². The lowest BCUT2D eigenvalue weighted by molar-refractivity contribution is 0.0696. The van der Waals surface area contributed by atoms with Crippen LogP contribution in [0.25, 0.3) is 0 Å². The number of carboxylic acid groups (broad SMARTS) is 1. The number of amides is 1. The molecule has 2 rings (SSSR count). The summed E-state index contributed by atoms with van der Waals surface area (Å²) in [5.41, 5.74) is 0.575. The van der Waals surface area contributed by atoms with E-state index in [-0.39, 0.29) is 16.3 Å². The molecule has 7 heteroatoms. The first-order valence-electron chi connectivity index (χ1n) is 5.67. The lowest BCUT2D eigenvalue weighted by Gasteiger charge is -2.09. The number of anilines is 1. The average Bonchev–Trinajstić information content (AvgIpc) is 2.39. The zero-order valence-electron chi connectivity index (χ0n) is 10.4. The van der Waals surface area contributed by atoms with Crippen molar-refractivity contribution in [3.8, 4) is 0 Å².